The summed E-state index contributed by atoms with van der Waals surface area (Å²) in [5.74, 6) is 0.177. The average Bonchev–Trinajstić information content (AvgIpc) is 2.34. The van der Waals surface area contributed by atoms with Crippen LogP contribution >= 0.6 is 0 Å². The zero-order valence-corrected chi connectivity index (χ0v) is 12.2. The van der Waals surface area contributed by atoms with Gasteiger partial charge in [-0.3, -0.25) is 4.79 Å². The number of hydrogen-bond acceptors (Lipinski definition) is 3. The van der Waals surface area contributed by atoms with Crippen molar-refractivity contribution in [2.45, 2.75) is 58.5 Å². The van der Waals surface area contributed by atoms with Gasteiger partial charge in [-0.2, -0.15) is 0 Å². The van der Waals surface area contributed by atoms with Crippen molar-refractivity contribution in [1.82, 2.24) is 15.5 Å². The highest BCUT2D eigenvalue weighted by atomic mass is 16.1. The maximum absolute atomic E-state index is 11.6. The summed E-state index contributed by atoms with van der Waals surface area (Å²) in [7, 11) is 0. The fraction of sp³-hybridized carbons (Fsp3) is 0.929. The highest BCUT2D eigenvalue weighted by molar-refractivity contribution is 5.76. The zero-order chi connectivity index (χ0) is 13.4. The number of piperidine rings is 1. The van der Waals surface area contributed by atoms with Crippen LogP contribution in [0.25, 0.3) is 0 Å². The third kappa shape index (κ3) is 6.36. The van der Waals surface area contributed by atoms with E-state index >= 15 is 0 Å². The molecule has 0 atom stereocenters. The van der Waals surface area contributed by atoms with Crippen LogP contribution in [0, 0.1) is 0 Å². The molecule has 1 amide bonds. The van der Waals surface area contributed by atoms with E-state index < -0.39 is 0 Å². The van der Waals surface area contributed by atoms with E-state index in [4.69, 9.17) is 0 Å². The number of carbonyl (C=O) groups excluding carboxylic acids is 1. The first-order valence-electron chi connectivity index (χ1n) is 7.37. The van der Waals surface area contributed by atoms with Gasteiger partial charge in [0.1, 0.15) is 0 Å². The van der Waals surface area contributed by atoms with Crippen LogP contribution < -0.4 is 10.6 Å². The predicted molar refractivity (Wildman–Crippen MR) is 75.7 cm³/mol. The van der Waals surface area contributed by atoms with Crippen LogP contribution in [-0.2, 0) is 4.79 Å². The molecule has 0 radical (unpaired) electrons. The molecule has 0 aromatic heterocycles. The Morgan fingerprint density at radius 3 is 2.56 bits per heavy atom. The van der Waals surface area contributed by atoms with Crippen LogP contribution in [0.4, 0.5) is 0 Å². The molecule has 106 valence electrons. The van der Waals surface area contributed by atoms with E-state index in [9.17, 15) is 4.79 Å². The monoisotopic (exact) mass is 255 g/mol. The number of nitrogens with one attached hydrogen (secondary N) is 2. The van der Waals surface area contributed by atoms with E-state index in [-0.39, 0.29) is 11.9 Å². The minimum Gasteiger partial charge on any atom is -0.354 e. The average molecular weight is 255 g/mol. The summed E-state index contributed by atoms with van der Waals surface area (Å²) in [6, 6.07) is 0.937. The van der Waals surface area contributed by atoms with Gasteiger partial charge in [0.25, 0.3) is 0 Å². The Kier molecular flexibility index (Phi) is 7.28. The van der Waals surface area contributed by atoms with Crippen molar-refractivity contribution in [1.29, 1.82) is 0 Å². The number of nitrogens with zero attached hydrogens (tertiary/aromatic N) is 1. The van der Waals surface area contributed by atoms with Gasteiger partial charge in [-0.15, -0.1) is 0 Å². The lowest BCUT2D eigenvalue weighted by Gasteiger charge is -2.32. The molecule has 1 aliphatic rings. The summed E-state index contributed by atoms with van der Waals surface area (Å²) in [6.45, 7) is 10.5. The number of amides is 1. The molecule has 4 nitrogen and oxygen atoms in total. The molecular weight excluding hydrogens is 226 g/mol. The van der Waals surface area contributed by atoms with E-state index in [1.54, 1.807) is 0 Å². The van der Waals surface area contributed by atoms with E-state index in [1.807, 2.05) is 13.8 Å². The first-order chi connectivity index (χ1) is 8.61. The van der Waals surface area contributed by atoms with Gasteiger partial charge in [-0.1, -0.05) is 6.92 Å². The second-order valence-corrected chi connectivity index (χ2v) is 5.54. The Morgan fingerprint density at radius 2 is 2.00 bits per heavy atom. The minimum absolute atomic E-state index is 0.177. The van der Waals surface area contributed by atoms with Crippen molar-refractivity contribution in [3.8, 4) is 0 Å². The second-order valence-electron chi connectivity index (χ2n) is 5.54. The van der Waals surface area contributed by atoms with Gasteiger partial charge in [0.2, 0.25) is 5.91 Å². The van der Waals surface area contributed by atoms with Gasteiger partial charge in [-0.25, -0.2) is 0 Å². The fourth-order valence-corrected chi connectivity index (χ4v) is 2.36. The van der Waals surface area contributed by atoms with Crippen molar-refractivity contribution < 1.29 is 4.79 Å². The summed E-state index contributed by atoms with van der Waals surface area (Å²) in [5.41, 5.74) is 0. The smallest absolute Gasteiger partial charge is 0.221 e. The number of hydrogen-bond donors (Lipinski definition) is 2. The molecule has 0 spiro atoms. The van der Waals surface area contributed by atoms with Gasteiger partial charge in [-0.05, 0) is 52.7 Å². The fourth-order valence-electron chi connectivity index (χ4n) is 2.36. The molecule has 0 saturated carbocycles. The molecule has 0 bridgehead atoms. The van der Waals surface area contributed by atoms with Gasteiger partial charge < -0.3 is 15.5 Å². The summed E-state index contributed by atoms with van der Waals surface area (Å²) < 4.78 is 0. The SMILES string of the molecule is CCCNC1CCN(CCC(=O)NC(C)C)CC1. The number of likely N-dealkylation sites (tertiary alicyclic amines) is 1. The quantitative estimate of drug-likeness (QED) is 0.722. The van der Waals surface area contributed by atoms with Crippen molar-refractivity contribution in [2.24, 2.45) is 0 Å². The highest BCUT2D eigenvalue weighted by Gasteiger charge is 2.18. The van der Waals surface area contributed by atoms with Crippen LogP contribution in [0.1, 0.15) is 46.5 Å². The van der Waals surface area contributed by atoms with Crippen LogP contribution in [0.5, 0.6) is 0 Å². The molecule has 1 rings (SSSR count). The van der Waals surface area contributed by atoms with Crippen LogP contribution in [-0.4, -0.2) is 49.1 Å². The predicted octanol–water partition coefficient (Wildman–Crippen LogP) is 1.37. The number of carbonyl (C=O) groups is 1. The molecule has 0 aromatic rings. The van der Waals surface area contributed by atoms with Gasteiger partial charge in [0.05, 0.1) is 0 Å². The van der Waals surface area contributed by atoms with Crippen molar-refractivity contribution in [3.05, 3.63) is 0 Å². The van der Waals surface area contributed by atoms with Crippen molar-refractivity contribution in [3.63, 3.8) is 0 Å². The third-order valence-corrected chi connectivity index (χ3v) is 3.38. The largest absolute Gasteiger partial charge is 0.354 e. The lowest BCUT2D eigenvalue weighted by Crippen LogP contribution is -2.44. The Labute approximate surface area is 111 Å². The van der Waals surface area contributed by atoms with Gasteiger partial charge in [0, 0.05) is 25.0 Å². The Morgan fingerprint density at radius 1 is 1.33 bits per heavy atom. The van der Waals surface area contributed by atoms with Crippen molar-refractivity contribution >= 4 is 5.91 Å². The van der Waals surface area contributed by atoms with E-state index in [2.05, 4.69) is 22.5 Å². The summed E-state index contributed by atoms with van der Waals surface area (Å²) in [6.07, 6.45) is 4.26. The molecule has 0 aliphatic carbocycles. The molecule has 1 saturated heterocycles. The number of rotatable bonds is 7. The maximum Gasteiger partial charge on any atom is 0.221 e. The molecule has 0 unspecified atom stereocenters. The van der Waals surface area contributed by atoms with E-state index in [0.29, 0.717) is 12.5 Å². The van der Waals surface area contributed by atoms with Gasteiger partial charge in [0.15, 0.2) is 0 Å². The first-order valence-corrected chi connectivity index (χ1v) is 7.37. The maximum atomic E-state index is 11.6. The lowest BCUT2D eigenvalue weighted by molar-refractivity contribution is -0.121. The Balaban J connectivity index is 2.10. The molecule has 1 heterocycles. The summed E-state index contributed by atoms with van der Waals surface area (Å²) >= 11 is 0. The highest BCUT2D eigenvalue weighted by Crippen LogP contribution is 2.10. The Bertz CT molecular complexity index is 235. The van der Waals surface area contributed by atoms with Gasteiger partial charge >= 0.3 is 0 Å². The lowest BCUT2D eigenvalue weighted by atomic mass is 10.0. The molecule has 18 heavy (non-hydrogen) atoms. The van der Waals surface area contributed by atoms with E-state index in [1.165, 1.54) is 19.3 Å². The minimum atomic E-state index is 0.177. The standard InChI is InChI=1S/C14H29N3O/c1-4-8-15-13-5-9-17(10-6-13)11-7-14(18)16-12(2)3/h12-13,15H,4-11H2,1-3H3,(H,16,18). The molecule has 4 heteroatoms. The molecule has 1 fully saturated rings. The molecule has 1 aliphatic heterocycles. The topological polar surface area (TPSA) is 44.4 Å². The Hall–Kier alpha value is -0.610. The van der Waals surface area contributed by atoms with Crippen LogP contribution in [0.3, 0.4) is 0 Å². The first kappa shape index (κ1) is 15.4. The van der Waals surface area contributed by atoms with Crippen molar-refractivity contribution in [2.75, 3.05) is 26.2 Å². The van der Waals surface area contributed by atoms with E-state index in [0.717, 1.165) is 26.2 Å². The molecule has 2 N–H and O–H groups in total. The second kappa shape index (κ2) is 8.48. The summed E-state index contributed by atoms with van der Waals surface area (Å²) in [5, 5.41) is 6.52. The zero-order valence-electron chi connectivity index (χ0n) is 12.2. The third-order valence-electron chi connectivity index (χ3n) is 3.38. The van der Waals surface area contributed by atoms with Crippen LogP contribution in [0.2, 0.25) is 0 Å². The molecular formula is C14H29N3O. The van der Waals surface area contributed by atoms with Crippen LogP contribution in [0.15, 0.2) is 0 Å². The normalized spacial score (nSPS) is 18.2. The summed E-state index contributed by atoms with van der Waals surface area (Å²) in [4.78, 5) is 14.0. The molecule has 0 aromatic carbocycles.